The van der Waals surface area contributed by atoms with Crippen molar-refractivity contribution in [1.29, 1.82) is 0 Å². The average molecular weight is 361 g/mol. The van der Waals surface area contributed by atoms with Crippen molar-refractivity contribution in [3.63, 3.8) is 0 Å². The maximum atomic E-state index is 5.63. The fourth-order valence-corrected chi connectivity index (χ4v) is 3.30. The summed E-state index contributed by atoms with van der Waals surface area (Å²) in [5.41, 5.74) is 0. The standard InChI is InChI=1S/C20H40O5/c1-5-6-7-11-18(12-8-9-15-24-16-19-17-25-19)13-10-14-20(21-2,22-3)23-4/h18-19H,5-17H2,1-4H3. The lowest BCUT2D eigenvalue weighted by Gasteiger charge is -2.29. The molecule has 2 unspecified atom stereocenters. The summed E-state index contributed by atoms with van der Waals surface area (Å²) in [6.07, 6.45) is 12.4. The van der Waals surface area contributed by atoms with Crippen molar-refractivity contribution in [2.45, 2.75) is 83.2 Å². The number of hydrogen-bond donors (Lipinski definition) is 0. The van der Waals surface area contributed by atoms with Crippen LogP contribution in [0.5, 0.6) is 0 Å². The zero-order valence-electron chi connectivity index (χ0n) is 16.9. The molecule has 0 bridgehead atoms. The molecule has 0 amide bonds. The van der Waals surface area contributed by atoms with E-state index in [2.05, 4.69) is 6.92 Å². The van der Waals surface area contributed by atoms with Gasteiger partial charge >= 0.3 is 0 Å². The number of ether oxygens (including phenoxy) is 5. The SMILES string of the molecule is CCCCCC(CCCCOCC1CO1)CCCC(OC)(OC)OC. The van der Waals surface area contributed by atoms with Crippen LogP contribution in [0.3, 0.4) is 0 Å². The lowest BCUT2D eigenvalue weighted by atomic mass is 9.90. The minimum atomic E-state index is -0.882. The molecule has 0 aromatic rings. The Hall–Kier alpha value is -0.200. The summed E-state index contributed by atoms with van der Waals surface area (Å²) in [7, 11) is 4.91. The molecule has 1 heterocycles. The number of methoxy groups -OCH3 is 3. The molecule has 25 heavy (non-hydrogen) atoms. The Morgan fingerprint density at radius 1 is 0.920 bits per heavy atom. The summed E-state index contributed by atoms with van der Waals surface area (Å²) in [4.78, 5) is 0. The van der Waals surface area contributed by atoms with Gasteiger partial charge in [0.2, 0.25) is 0 Å². The number of rotatable bonds is 18. The molecule has 1 saturated heterocycles. The Morgan fingerprint density at radius 2 is 1.52 bits per heavy atom. The maximum Gasteiger partial charge on any atom is 0.282 e. The van der Waals surface area contributed by atoms with Gasteiger partial charge in [0, 0.05) is 34.4 Å². The zero-order chi connectivity index (χ0) is 18.4. The monoisotopic (exact) mass is 360 g/mol. The predicted molar refractivity (Wildman–Crippen MR) is 99.7 cm³/mol. The van der Waals surface area contributed by atoms with E-state index in [1.165, 1.54) is 44.9 Å². The van der Waals surface area contributed by atoms with Crippen molar-refractivity contribution in [3.8, 4) is 0 Å². The number of epoxide rings is 1. The summed E-state index contributed by atoms with van der Waals surface area (Å²) in [6, 6.07) is 0. The van der Waals surface area contributed by atoms with E-state index in [0.29, 0.717) is 6.10 Å². The fourth-order valence-electron chi connectivity index (χ4n) is 3.30. The summed E-state index contributed by atoms with van der Waals surface area (Å²) in [5.74, 6) is -0.103. The summed E-state index contributed by atoms with van der Waals surface area (Å²) >= 11 is 0. The molecule has 1 aliphatic rings. The van der Waals surface area contributed by atoms with E-state index < -0.39 is 5.97 Å². The van der Waals surface area contributed by atoms with Gasteiger partial charge in [0.05, 0.1) is 13.2 Å². The minimum absolute atomic E-state index is 0.379. The molecule has 2 atom stereocenters. The van der Waals surface area contributed by atoms with Gasteiger partial charge in [-0.25, -0.2) is 0 Å². The largest absolute Gasteiger partial charge is 0.379 e. The van der Waals surface area contributed by atoms with Gasteiger partial charge in [-0.2, -0.15) is 0 Å². The van der Waals surface area contributed by atoms with Gasteiger partial charge in [0.1, 0.15) is 6.10 Å². The molecule has 1 rings (SSSR count). The maximum absolute atomic E-state index is 5.63. The van der Waals surface area contributed by atoms with Crippen molar-refractivity contribution in [1.82, 2.24) is 0 Å². The molecule has 1 fully saturated rings. The molecule has 5 nitrogen and oxygen atoms in total. The van der Waals surface area contributed by atoms with E-state index in [0.717, 1.165) is 45.0 Å². The van der Waals surface area contributed by atoms with Crippen LogP contribution in [0.2, 0.25) is 0 Å². The Labute approximate surface area is 154 Å². The van der Waals surface area contributed by atoms with Gasteiger partial charge in [0.15, 0.2) is 0 Å². The first-order chi connectivity index (χ1) is 12.2. The van der Waals surface area contributed by atoms with E-state index in [-0.39, 0.29) is 0 Å². The van der Waals surface area contributed by atoms with E-state index in [1.54, 1.807) is 21.3 Å². The first kappa shape index (κ1) is 22.8. The summed E-state index contributed by atoms with van der Waals surface area (Å²) in [6.45, 7) is 4.78. The average Bonchev–Trinajstić information content (AvgIpc) is 3.46. The van der Waals surface area contributed by atoms with Crippen LogP contribution in [0.4, 0.5) is 0 Å². The lowest BCUT2D eigenvalue weighted by molar-refractivity contribution is -0.355. The third kappa shape index (κ3) is 10.5. The summed E-state index contributed by atoms with van der Waals surface area (Å²) in [5, 5.41) is 0. The minimum Gasteiger partial charge on any atom is -0.379 e. The van der Waals surface area contributed by atoms with Crippen molar-refractivity contribution in [3.05, 3.63) is 0 Å². The van der Waals surface area contributed by atoms with E-state index in [1.807, 2.05) is 0 Å². The Bertz CT molecular complexity index is 294. The van der Waals surface area contributed by atoms with Gasteiger partial charge in [-0.3, -0.25) is 0 Å². The highest BCUT2D eigenvalue weighted by Crippen LogP contribution is 2.26. The second-order valence-electron chi connectivity index (χ2n) is 7.08. The normalized spacial score (nSPS) is 18.5. The molecule has 0 N–H and O–H groups in total. The van der Waals surface area contributed by atoms with Gasteiger partial charge < -0.3 is 23.7 Å². The van der Waals surface area contributed by atoms with Gasteiger partial charge in [0.25, 0.3) is 5.97 Å². The molecule has 0 aliphatic carbocycles. The van der Waals surface area contributed by atoms with E-state index in [9.17, 15) is 0 Å². The third-order valence-electron chi connectivity index (χ3n) is 5.10. The van der Waals surface area contributed by atoms with E-state index in [4.69, 9.17) is 23.7 Å². The Balaban J connectivity index is 2.20. The first-order valence-electron chi connectivity index (χ1n) is 10.0. The molecule has 0 aromatic carbocycles. The van der Waals surface area contributed by atoms with Gasteiger partial charge in [-0.1, -0.05) is 51.9 Å². The van der Waals surface area contributed by atoms with Crippen LogP contribution in [0.25, 0.3) is 0 Å². The van der Waals surface area contributed by atoms with Crippen LogP contribution in [0, 0.1) is 5.92 Å². The van der Waals surface area contributed by atoms with Crippen molar-refractivity contribution in [2.75, 3.05) is 41.2 Å². The van der Waals surface area contributed by atoms with E-state index >= 15 is 0 Å². The highest BCUT2D eigenvalue weighted by atomic mass is 16.9. The van der Waals surface area contributed by atoms with Crippen molar-refractivity contribution < 1.29 is 23.7 Å². The van der Waals surface area contributed by atoms with Crippen molar-refractivity contribution >= 4 is 0 Å². The number of unbranched alkanes of at least 4 members (excludes halogenated alkanes) is 3. The number of hydrogen-bond acceptors (Lipinski definition) is 5. The van der Waals surface area contributed by atoms with Crippen LogP contribution in [-0.2, 0) is 23.7 Å². The molecular formula is C20H40O5. The Morgan fingerprint density at radius 3 is 2.08 bits per heavy atom. The molecule has 0 saturated carbocycles. The molecule has 5 heteroatoms. The predicted octanol–water partition coefficient (Wildman–Crippen LogP) is 4.53. The molecule has 0 radical (unpaired) electrons. The second-order valence-corrected chi connectivity index (χ2v) is 7.08. The lowest BCUT2D eigenvalue weighted by Crippen LogP contribution is -2.35. The van der Waals surface area contributed by atoms with Crippen LogP contribution < -0.4 is 0 Å². The quantitative estimate of drug-likeness (QED) is 0.204. The topological polar surface area (TPSA) is 49.5 Å². The van der Waals surface area contributed by atoms with Crippen molar-refractivity contribution in [2.24, 2.45) is 5.92 Å². The van der Waals surface area contributed by atoms with Crippen LogP contribution in [0.15, 0.2) is 0 Å². The summed E-state index contributed by atoms with van der Waals surface area (Å²) < 4.78 is 27.0. The highest BCUT2D eigenvalue weighted by molar-refractivity contribution is 4.67. The fraction of sp³-hybridized carbons (Fsp3) is 1.00. The van der Waals surface area contributed by atoms with Crippen LogP contribution in [-0.4, -0.2) is 53.2 Å². The third-order valence-corrected chi connectivity index (χ3v) is 5.10. The van der Waals surface area contributed by atoms with Gasteiger partial charge in [-0.15, -0.1) is 0 Å². The molecule has 1 aliphatic heterocycles. The molecule has 0 spiro atoms. The van der Waals surface area contributed by atoms with Gasteiger partial charge in [-0.05, 0) is 18.8 Å². The smallest absolute Gasteiger partial charge is 0.282 e. The molecule has 150 valence electrons. The molecular weight excluding hydrogens is 320 g/mol. The second kappa shape index (κ2) is 13.9. The van der Waals surface area contributed by atoms with Crippen LogP contribution >= 0.6 is 0 Å². The Kier molecular flexibility index (Phi) is 12.7. The zero-order valence-corrected chi connectivity index (χ0v) is 16.9. The highest BCUT2D eigenvalue weighted by Gasteiger charge is 2.29. The molecule has 0 aromatic heterocycles. The first-order valence-corrected chi connectivity index (χ1v) is 10.0. The van der Waals surface area contributed by atoms with Crippen LogP contribution in [0.1, 0.15) is 71.1 Å².